The average molecular weight is 726 g/mol. The topological polar surface area (TPSA) is 182 Å². The lowest BCUT2D eigenvalue weighted by Crippen LogP contribution is -2.61. The molecule has 286 valence electrons. The first kappa shape index (κ1) is 41.6. The number of benzene rings is 2. The highest BCUT2D eigenvalue weighted by Crippen LogP contribution is 2.51. The van der Waals surface area contributed by atoms with Crippen molar-refractivity contribution in [3.8, 4) is 23.0 Å². The van der Waals surface area contributed by atoms with Gasteiger partial charge in [-0.05, 0) is 58.2 Å². The van der Waals surface area contributed by atoms with Crippen molar-refractivity contribution in [1.29, 1.82) is 0 Å². The predicted molar refractivity (Wildman–Crippen MR) is 195 cm³/mol. The molecule has 2 aromatic rings. The molecule has 0 saturated heterocycles. The second-order valence-corrected chi connectivity index (χ2v) is 14.8. The Hall–Kier alpha value is -4.85. The van der Waals surface area contributed by atoms with Gasteiger partial charge in [0.1, 0.15) is 41.1 Å². The van der Waals surface area contributed by atoms with E-state index >= 15 is 0 Å². The first-order chi connectivity index (χ1) is 24.2. The third-order valence-electron chi connectivity index (χ3n) is 8.65. The van der Waals surface area contributed by atoms with Crippen LogP contribution < -0.4 is 40.8 Å². The van der Waals surface area contributed by atoms with E-state index in [2.05, 4.69) is 40.4 Å². The highest BCUT2D eigenvalue weighted by atomic mass is 16.5. The first-order valence-corrected chi connectivity index (χ1v) is 17.4. The molecule has 3 rings (SSSR count). The van der Waals surface area contributed by atoms with Crippen molar-refractivity contribution in [2.24, 2.45) is 5.92 Å². The number of rotatable bonds is 15. The molecule has 0 saturated carbocycles. The molecule has 4 atom stereocenters. The van der Waals surface area contributed by atoms with Gasteiger partial charge < -0.3 is 45.5 Å². The van der Waals surface area contributed by atoms with E-state index in [1.165, 1.54) is 13.8 Å². The number of hydrogen-bond acceptors (Lipinski definition) is 9. The summed E-state index contributed by atoms with van der Waals surface area (Å²) in [7, 11) is 3.14. The van der Waals surface area contributed by atoms with Crippen molar-refractivity contribution in [2.45, 2.75) is 111 Å². The van der Waals surface area contributed by atoms with E-state index in [-0.39, 0.29) is 19.0 Å². The summed E-state index contributed by atoms with van der Waals surface area (Å²) < 4.78 is 23.2. The fraction of sp³-hybridized carbons (Fsp3) is 0.553. The van der Waals surface area contributed by atoms with Gasteiger partial charge in [0.15, 0.2) is 0 Å². The van der Waals surface area contributed by atoms with Gasteiger partial charge in [0, 0.05) is 42.1 Å². The summed E-state index contributed by atoms with van der Waals surface area (Å²) in [5.74, 6) is -0.607. The van der Waals surface area contributed by atoms with Crippen LogP contribution in [0.25, 0.3) is 0 Å². The largest absolute Gasteiger partial charge is 0.497 e. The number of hydrogen-bond donors (Lipinski definition) is 5. The molecular formula is C38H55N5O9. The van der Waals surface area contributed by atoms with Crippen molar-refractivity contribution in [3.05, 3.63) is 47.0 Å². The van der Waals surface area contributed by atoms with Crippen molar-refractivity contribution in [1.82, 2.24) is 26.6 Å². The Morgan fingerprint density at radius 1 is 0.788 bits per heavy atom. The fourth-order valence-electron chi connectivity index (χ4n) is 6.16. The van der Waals surface area contributed by atoms with Gasteiger partial charge in [-0.15, -0.1) is 0 Å². The highest BCUT2D eigenvalue weighted by molar-refractivity contribution is 5.95. The summed E-state index contributed by atoms with van der Waals surface area (Å²) in [5, 5.41) is 13.4. The fourth-order valence-corrected chi connectivity index (χ4v) is 6.16. The second-order valence-electron chi connectivity index (χ2n) is 14.8. The number of fused-ring (bicyclic) bond motifs is 2. The molecule has 5 N–H and O–H groups in total. The van der Waals surface area contributed by atoms with E-state index in [1.807, 2.05) is 45.0 Å². The molecule has 14 heteroatoms. The zero-order valence-corrected chi connectivity index (χ0v) is 32.4. The summed E-state index contributed by atoms with van der Waals surface area (Å²) in [5.41, 5.74) is 1.47. The SMILES string of the molecule is COc1ccc2c(c1)Oc1cc(OC)cc(CNC(=O)CNC(=O)C(NC(=O)C(NC(=O)C(C)NC(C)=O)C(C)OC(C)(C)C)C(C)C)c1C2(C)C. The second kappa shape index (κ2) is 17.1. The maximum atomic E-state index is 13.6. The molecule has 5 amide bonds. The molecule has 0 aromatic heterocycles. The minimum absolute atomic E-state index is 0.126. The molecular weight excluding hydrogens is 670 g/mol. The third-order valence-corrected chi connectivity index (χ3v) is 8.65. The summed E-state index contributed by atoms with van der Waals surface area (Å²) in [6.45, 7) is 17.3. The van der Waals surface area contributed by atoms with Gasteiger partial charge in [-0.25, -0.2) is 0 Å². The number of ether oxygens (including phenoxy) is 4. The molecule has 0 bridgehead atoms. The molecule has 0 fully saturated rings. The molecule has 2 aromatic carbocycles. The van der Waals surface area contributed by atoms with Crippen molar-refractivity contribution >= 4 is 29.5 Å². The van der Waals surface area contributed by atoms with E-state index in [0.717, 1.165) is 16.7 Å². The van der Waals surface area contributed by atoms with Gasteiger partial charge >= 0.3 is 0 Å². The molecule has 4 unspecified atom stereocenters. The summed E-state index contributed by atoms with van der Waals surface area (Å²) >= 11 is 0. The monoisotopic (exact) mass is 725 g/mol. The molecule has 0 spiro atoms. The zero-order valence-electron chi connectivity index (χ0n) is 32.4. The average Bonchev–Trinajstić information content (AvgIpc) is 3.05. The van der Waals surface area contributed by atoms with Crippen LogP contribution in [0.15, 0.2) is 30.3 Å². The van der Waals surface area contributed by atoms with Gasteiger partial charge in [-0.2, -0.15) is 0 Å². The van der Waals surface area contributed by atoms with Crippen LogP contribution in [-0.4, -0.2) is 80.1 Å². The van der Waals surface area contributed by atoms with E-state index in [4.69, 9.17) is 18.9 Å². The van der Waals surface area contributed by atoms with Crippen molar-refractivity contribution in [3.63, 3.8) is 0 Å². The lowest BCUT2D eigenvalue weighted by atomic mass is 9.73. The van der Waals surface area contributed by atoms with Crippen LogP contribution in [0.2, 0.25) is 0 Å². The van der Waals surface area contributed by atoms with Crippen LogP contribution in [0.4, 0.5) is 0 Å². The minimum Gasteiger partial charge on any atom is -0.497 e. The Morgan fingerprint density at radius 2 is 1.40 bits per heavy atom. The van der Waals surface area contributed by atoms with Crippen LogP contribution in [0, 0.1) is 5.92 Å². The lowest BCUT2D eigenvalue weighted by molar-refractivity contribution is -0.140. The van der Waals surface area contributed by atoms with Gasteiger partial charge in [0.2, 0.25) is 29.5 Å². The summed E-state index contributed by atoms with van der Waals surface area (Å²) in [6.07, 6.45) is -0.802. The van der Waals surface area contributed by atoms with E-state index < -0.39 is 64.8 Å². The first-order valence-electron chi connectivity index (χ1n) is 17.4. The Labute approximate surface area is 306 Å². The molecule has 1 aliphatic heterocycles. The van der Waals surface area contributed by atoms with Crippen molar-refractivity contribution < 1.29 is 42.9 Å². The molecule has 0 aliphatic carbocycles. The van der Waals surface area contributed by atoms with Gasteiger partial charge in [-0.1, -0.05) is 33.8 Å². The number of carbonyl (C=O) groups is 5. The van der Waals surface area contributed by atoms with Crippen LogP contribution in [0.5, 0.6) is 23.0 Å². The standard InChI is InChI=1S/C38H55N5O9/c1-20(2)32(42-36(48)33(22(4)52-37(6,7)8)43-34(46)21(3)41-23(5)44)35(47)40-19-30(45)39-18-24-15-26(50-12)17-29-31(24)38(9,10)27-14-13-25(49-11)16-28(27)51-29/h13-17,20-22,32-33H,18-19H2,1-12H3,(H,39,45)(H,40,47)(H,41,44)(H,42,48)(H,43,46). The summed E-state index contributed by atoms with van der Waals surface area (Å²) in [4.78, 5) is 64.5. The zero-order chi connectivity index (χ0) is 39.1. The molecule has 0 radical (unpaired) electrons. The maximum Gasteiger partial charge on any atom is 0.245 e. The number of carbonyl (C=O) groups excluding carboxylic acids is 5. The Bertz CT molecular complexity index is 1650. The number of amides is 5. The number of methoxy groups -OCH3 is 2. The lowest BCUT2D eigenvalue weighted by Gasteiger charge is -2.36. The van der Waals surface area contributed by atoms with Gasteiger partial charge in [0.25, 0.3) is 0 Å². The maximum absolute atomic E-state index is 13.6. The molecule has 1 heterocycles. The Kier molecular flexibility index (Phi) is 13.7. The van der Waals surface area contributed by atoms with Crippen LogP contribution in [0.1, 0.15) is 85.9 Å². The predicted octanol–water partition coefficient (Wildman–Crippen LogP) is 3.22. The normalized spacial score (nSPS) is 15.3. The Morgan fingerprint density at radius 3 is 1.98 bits per heavy atom. The summed E-state index contributed by atoms with van der Waals surface area (Å²) in [6, 6.07) is 6.16. The quantitative estimate of drug-likeness (QED) is 0.184. The third kappa shape index (κ3) is 10.6. The number of nitrogens with one attached hydrogen (secondary N) is 5. The highest BCUT2D eigenvalue weighted by Gasteiger charge is 2.38. The van der Waals surface area contributed by atoms with E-state index in [0.29, 0.717) is 23.0 Å². The van der Waals surface area contributed by atoms with Crippen molar-refractivity contribution in [2.75, 3.05) is 20.8 Å². The van der Waals surface area contributed by atoms with E-state index in [1.54, 1.807) is 41.1 Å². The van der Waals surface area contributed by atoms with E-state index in [9.17, 15) is 24.0 Å². The smallest absolute Gasteiger partial charge is 0.245 e. The van der Waals surface area contributed by atoms with Crippen LogP contribution in [-0.2, 0) is 40.7 Å². The Balaban J connectivity index is 1.72. The molecule has 1 aliphatic rings. The van der Waals surface area contributed by atoms with Crippen LogP contribution >= 0.6 is 0 Å². The molecule has 52 heavy (non-hydrogen) atoms. The minimum atomic E-state index is -1.20. The van der Waals surface area contributed by atoms with Gasteiger partial charge in [0.05, 0.1) is 32.5 Å². The van der Waals surface area contributed by atoms with Gasteiger partial charge in [-0.3, -0.25) is 24.0 Å². The molecule has 14 nitrogen and oxygen atoms in total. The van der Waals surface area contributed by atoms with Crippen LogP contribution in [0.3, 0.4) is 0 Å².